The summed E-state index contributed by atoms with van der Waals surface area (Å²) in [6.07, 6.45) is 2.67. The smallest absolute Gasteiger partial charge is 0.437 e. The van der Waals surface area contributed by atoms with E-state index in [1.165, 1.54) is 28.6 Å². The second-order valence-corrected chi connectivity index (χ2v) is 19.3. The van der Waals surface area contributed by atoms with Gasteiger partial charge in [-0.25, -0.2) is 22.8 Å². The zero-order valence-electron chi connectivity index (χ0n) is 36.6. The fraction of sp³-hybridized carbons (Fsp3) is 0.585. The number of amidine groups is 1. The van der Waals surface area contributed by atoms with E-state index >= 15 is 0 Å². The van der Waals surface area contributed by atoms with Crippen LogP contribution in [-0.4, -0.2) is 90.8 Å². The number of halogens is 1. The van der Waals surface area contributed by atoms with E-state index in [1.54, 1.807) is 74.4 Å². The highest BCUT2D eigenvalue weighted by Gasteiger charge is 2.31. The fourth-order valence-electron chi connectivity index (χ4n) is 5.36. The molecule has 0 bridgehead atoms. The maximum atomic E-state index is 13.8. The zero-order valence-corrected chi connectivity index (χ0v) is 38.2. The molecule has 0 aliphatic carbocycles. The lowest BCUT2D eigenvalue weighted by Gasteiger charge is -2.22. The Balaban J connectivity index is 1.95. The van der Waals surface area contributed by atoms with E-state index in [2.05, 4.69) is 20.9 Å². The van der Waals surface area contributed by atoms with Crippen LogP contribution in [-0.2, 0) is 24.2 Å². The summed E-state index contributed by atoms with van der Waals surface area (Å²) >= 11 is 6.40. The third-order valence-corrected chi connectivity index (χ3v) is 10.2. The Bertz CT molecular complexity index is 1960. The molecule has 0 radical (unpaired) electrons. The Morgan fingerprint density at radius 2 is 1.33 bits per heavy atom. The number of carbonyl (C=O) groups excluding carboxylic acids is 3. The highest BCUT2D eigenvalue weighted by Crippen LogP contribution is 2.28. The van der Waals surface area contributed by atoms with Crippen molar-refractivity contribution in [1.29, 1.82) is 5.41 Å². The molecule has 0 atom stereocenters. The van der Waals surface area contributed by atoms with Gasteiger partial charge in [0.2, 0.25) is 16.0 Å². The number of carbonyl (C=O) groups is 3. The minimum atomic E-state index is -4.23. The average Bonchev–Trinajstić information content (AvgIpc) is 3.10. The first kappa shape index (κ1) is 52.1. The molecular weight excluding hydrogens is 834 g/mol. The molecule has 3 amide bonds. The van der Waals surface area contributed by atoms with Crippen LogP contribution >= 0.6 is 11.6 Å². The van der Waals surface area contributed by atoms with Crippen LogP contribution in [0.1, 0.15) is 119 Å². The van der Waals surface area contributed by atoms with E-state index in [4.69, 9.17) is 36.0 Å². The van der Waals surface area contributed by atoms with Gasteiger partial charge in [-0.15, -0.1) is 4.99 Å². The topological polar surface area (TPSA) is 241 Å². The number of rotatable bonds is 19. The third kappa shape index (κ3) is 20.9. The van der Waals surface area contributed by atoms with Crippen LogP contribution in [0.4, 0.5) is 20.1 Å². The number of sulfonamides is 1. The van der Waals surface area contributed by atoms with Gasteiger partial charge in [0.1, 0.15) is 28.4 Å². The number of hydrogen-bond donors (Lipinski definition) is 4. The van der Waals surface area contributed by atoms with Crippen molar-refractivity contribution < 1.29 is 46.7 Å². The molecule has 0 saturated heterocycles. The Morgan fingerprint density at radius 1 is 0.787 bits per heavy atom. The van der Waals surface area contributed by atoms with Gasteiger partial charge < -0.3 is 24.3 Å². The summed E-state index contributed by atoms with van der Waals surface area (Å²) in [4.78, 5) is 51.2. The number of guanidine groups is 1. The number of nitro groups is 1. The molecule has 340 valence electrons. The second-order valence-electron chi connectivity index (χ2n) is 16.9. The van der Waals surface area contributed by atoms with Crippen molar-refractivity contribution >= 4 is 57.4 Å². The van der Waals surface area contributed by atoms with Gasteiger partial charge in [0.05, 0.1) is 16.6 Å². The number of unbranched alkanes of at least 4 members (excludes halogenated alkanes) is 6. The predicted molar refractivity (Wildman–Crippen MR) is 233 cm³/mol. The van der Waals surface area contributed by atoms with E-state index in [0.717, 1.165) is 25.3 Å². The fourth-order valence-corrected chi connectivity index (χ4v) is 7.27. The number of nitrogens with one attached hydrogen (secondary N) is 4. The van der Waals surface area contributed by atoms with Gasteiger partial charge in [-0.3, -0.25) is 26.2 Å². The van der Waals surface area contributed by atoms with E-state index in [9.17, 15) is 32.9 Å². The molecule has 0 aliphatic rings. The molecular formula is C41H62ClN7O11S. The number of alkyl carbamates (subject to hydrolysis) is 2. The summed E-state index contributed by atoms with van der Waals surface area (Å²) in [7, 11) is -4.23. The van der Waals surface area contributed by atoms with Gasteiger partial charge in [-0.1, -0.05) is 49.4 Å². The van der Waals surface area contributed by atoms with E-state index < -0.39 is 55.7 Å². The highest BCUT2D eigenvalue weighted by molar-refractivity contribution is 7.89. The van der Waals surface area contributed by atoms with Crippen molar-refractivity contribution in [2.45, 2.75) is 135 Å². The first-order valence-electron chi connectivity index (χ1n) is 20.1. The van der Waals surface area contributed by atoms with Crippen molar-refractivity contribution in [2.24, 2.45) is 4.99 Å². The van der Waals surface area contributed by atoms with E-state index in [1.807, 2.05) is 0 Å². The number of para-hydroxylation sites is 1. The SMILES string of the molecule is CC(C)(C)OC(=O)/N=C(/NCCCCCCCCN(CCCCOc1ccc(C(=N)NC(=O)OC(C)(C)C)cc1Cl)S(=O)(=O)c1ccccc1[N+](=O)[O-])NC(=O)OC(C)(C)C. The Labute approximate surface area is 364 Å². The molecule has 0 unspecified atom stereocenters. The van der Waals surface area contributed by atoms with Gasteiger partial charge in [-0.05, 0) is 112 Å². The van der Waals surface area contributed by atoms with Crippen molar-refractivity contribution in [3.05, 3.63) is 63.2 Å². The summed E-state index contributed by atoms with van der Waals surface area (Å²) in [5.41, 5.74) is -2.44. The first-order chi connectivity index (χ1) is 28.3. The van der Waals surface area contributed by atoms with Gasteiger partial charge in [0, 0.05) is 31.3 Å². The van der Waals surface area contributed by atoms with Crippen LogP contribution in [0.15, 0.2) is 52.4 Å². The molecule has 0 spiro atoms. The van der Waals surface area contributed by atoms with Crippen molar-refractivity contribution in [1.82, 2.24) is 20.3 Å². The van der Waals surface area contributed by atoms with Gasteiger partial charge in [-0.2, -0.15) is 4.31 Å². The molecule has 18 nitrogen and oxygen atoms in total. The molecule has 0 aliphatic heterocycles. The summed E-state index contributed by atoms with van der Waals surface area (Å²) in [5, 5.41) is 27.9. The molecule has 4 N–H and O–H groups in total. The average molecular weight is 897 g/mol. The van der Waals surface area contributed by atoms with Crippen molar-refractivity contribution in [3.8, 4) is 5.75 Å². The zero-order chi connectivity index (χ0) is 46.0. The van der Waals surface area contributed by atoms with E-state index in [-0.39, 0.29) is 41.4 Å². The Hall–Kier alpha value is -5.01. The molecule has 61 heavy (non-hydrogen) atoms. The monoisotopic (exact) mass is 895 g/mol. The van der Waals surface area contributed by atoms with Gasteiger partial charge >= 0.3 is 18.3 Å². The molecule has 2 rings (SSSR count). The quantitative estimate of drug-likeness (QED) is 0.0259. The van der Waals surface area contributed by atoms with Crippen LogP contribution in [0.3, 0.4) is 0 Å². The van der Waals surface area contributed by atoms with Crippen molar-refractivity contribution in [3.63, 3.8) is 0 Å². The third-order valence-electron chi connectivity index (χ3n) is 7.93. The summed E-state index contributed by atoms with van der Waals surface area (Å²) in [6.45, 7) is 16.2. The Kier molecular flexibility index (Phi) is 20.4. The predicted octanol–water partition coefficient (Wildman–Crippen LogP) is 8.69. The van der Waals surface area contributed by atoms with Crippen LogP contribution in [0, 0.1) is 15.5 Å². The largest absolute Gasteiger partial charge is 0.492 e. The summed E-state index contributed by atoms with van der Waals surface area (Å²) in [5.74, 6) is 0.0347. The molecule has 0 aromatic heterocycles. The summed E-state index contributed by atoms with van der Waals surface area (Å²) < 4.78 is 50.4. The number of hydrogen-bond acceptors (Lipinski definition) is 12. The number of aliphatic imine (C=N–C) groups is 1. The van der Waals surface area contributed by atoms with Crippen LogP contribution in [0.2, 0.25) is 5.02 Å². The lowest BCUT2D eigenvalue weighted by molar-refractivity contribution is -0.387. The first-order valence-corrected chi connectivity index (χ1v) is 21.9. The minimum Gasteiger partial charge on any atom is -0.492 e. The van der Waals surface area contributed by atoms with Crippen LogP contribution in [0.25, 0.3) is 0 Å². The van der Waals surface area contributed by atoms with Crippen LogP contribution < -0.4 is 20.7 Å². The number of benzene rings is 2. The number of nitro benzene ring substituents is 1. The Morgan fingerprint density at radius 3 is 1.90 bits per heavy atom. The lowest BCUT2D eigenvalue weighted by atomic mass is 10.1. The number of ether oxygens (including phenoxy) is 4. The highest BCUT2D eigenvalue weighted by atomic mass is 35.5. The lowest BCUT2D eigenvalue weighted by Crippen LogP contribution is -2.44. The molecule has 0 fully saturated rings. The molecule has 2 aromatic carbocycles. The molecule has 20 heteroatoms. The molecule has 2 aromatic rings. The van der Waals surface area contributed by atoms with Gasteiger partial charge in [0.15, 0.2) is 4.90 Å². The maximum absolute atomic E-state index is 13.8. The minimum absolute atomic E-state index is 0.0914. The molecule has 0 saturated carbocycles. The van der Waals surface area contributed by atoms with E-state index in [0.29, 0.717) is 50.0 Å². The molecule has 0 heterocycles. The summed E-state index contributed by atoms with van der Waals surface area (Å²) in [6, 6.07) is 9.86. The number of nitrogens with zero attached hydrogens (tertiary/aromatic N) is 3. The van der Waals surface area contributed by atoms with Gasteiger partial charge in [0.25, 0.3) is 5.69 Å². The number of amides is 3. The standard InChI is InChI=1S/C41H62ClN7O11S/c1-39(2,3)58-36(50)45-34(43)29-22-23-32(30(42)28-29)57-27-19-18-26-48(61(55,56)33-21-15-14-20-31(33)49(53)54)25-17-13-11-10-12-16-24-44-35(46-37(51)59-40(4,5)6)47-38(52)60-41(7,8)9/h14-15,20-23,28H,10-13,16-19,24-27H2,1-9H3,(H2,43,45,50)(H2,44,46,47,51,52). The second kappa shape index (κ2) is 23.8. The van der Waals surface area contributed by atoms with Crippen LogP contribution in [0.5, 0.6) is 5.75 Å². The van der Waals surface area contributed by atoms with Crippen molar-refractivity contribution in [2.75, 3.05) is 26.2 Å². The normalized spacial score (nSPS) is 12.3. The maximum Gasteiger partial charge on any atom is 0.437 e.